The molecule has 0 spiro atoms. The Bertz CT molecular complexity index is 1710. The number of hydrogen-bond acceptors (Lipinski definition) is 7. The van der Waals surface area contributed by atoms with Gasteiger partial charge in [0.1, 0.15) is 5.75 Å². The third-order valence-electron chi connectivity index (χ3n) is 5.89. The molecule has 200 valence electrons. The summed E-state index contributed by atoms with van der Waals surface area (Å²) in [5, 5.41) is 25.9. The maximum Gasteiger partial charge on any atom is 0.346 e. The number of nitrogens with zero attached hydrogens (tertiary/aromatic N) is 8. The lowest BCUT2D eigenvalue weighted by atomic mass is 10.2. The number of amides is 1. The van der Waals surface area contributed by atoms with E-state index in [2.05, 4.69) is 20.4 Å². The lowest BCUT2D eigenvalue weighted by Gasteiger charge is -2.15. The number of likely N-dealkylation sites (N-methyl/N-ethyl adjacent to an activating group) is 2. The Morgan fingerprint density at radius 3 is 2.82 bits per heavy atom. The van der Waals surface area contributed by atoms with Crippen LogP contribution in [0.4, 0.5) is 4.79 Å². The molecule has 0 saturated heterocycles. The topological polar surface area (TPSA) is 131 Å². The second kappa shape index (κ2) is 11.8. The molecule has 0 aliphatic heterocycles. The van der Waals surface area contributed by atoms with E-state index in [1.54, 1.807) is 53.2 Å². The minimum Gasteiger partial charge on any atom is -1.00 e. The van der Waals surface area contributed by atoms with E-state index in [9.17, 15) is 10.1 Å². The molecule has 11 nitrogen and oxygen atoms in total. The van der Waals surface area contributed by atoms with Crippen molar-refractivity contribution in [1.29, 1.82) is 5.26 Å². The molecule has 14 heteroatoms. The van der Waals surface area contributed by atoms with E-state index in [-0.39, 0.29) is 30.7 Å². The molecule has 39 heavy (non-hydrogen) atoms. The first-order chi connectivity index (χ1) is 18.4. The lowest BCUT2D eigenvalue weighted by molar-refractivity contribution is -0.626. The SMILES string of the molecule is C[NH2+]CCN(C)C(=O)n1nc(Cn2nnc3c(Oc4cc(Cl)cc(C#N)c4)c(Cl)ccc32)c2cccnc21.[Cl-]. The smallest absolute Gasteiger partial charge is 0.346 e. The summed E-state index contributed by atoms with van der Waals surface area (Å²) in [5.74, 6) is 0.625. The van der Waals surface area contributed by atoms with Crippen LogP contribution in [-0.2, 0) is 6.54 Å². The molecule has 1 amide bonds. The number of benzene rings is 2. The number of fused-ring (bicyclic) bond motifs is 2. The molecule has 0 aliphatic rings. The van der Waals surface area contributed by atoms with E-state index in [1.807, 2.05) is 24.5 Å². The summed E-state index contributed by atoms with van der Waals surface area (Å²) in [6, 6.07) is 13.6. The lowest BCUT2D eigenvalue weighted by Crippen LogP contribution is -3.00. The second-order valence-corrected chi connectivity index (χ2v) is 9.36. The summed E-state index contributed by atoms with van der Waals surface area (Å²) in [7, 11) is 3.68. The first-order valence-corrected chi connectivity index (χ1v) is 12.4. The summed E-state index contributed by atoms with van der Waals surface area (Å²) < 4.78 is 8.97. The van der Waals surface area contributed by atoms with Gasteiger partial charge < -0.3 is 27.4 Å². The summed E-state index contributed by atoms with van der Waals surface area (Å²) >= 11 is 12.6. The van der Waals surface area contributed by atoms with Crippen LogP contribution in [0.2, 0.25) is 10.0 Å². The Morgan fingerprint density at radius 1 is 1.23 bits per heavy atom. The van der Waals surface area contributed by atoms with Crippen molar-refractivity contribution >= 4 is 51.3 Å². The second-order valence-electron chi connectivity index (χ2n) is 8.51. The average Bonchev–Trinajstić information content (AvgIpc) is 3.50. The normalized spacial score (nSPS) is 10.8. The van der Waals surface area contributed by atoms with Crippen molar-refractivity contribution in [2.45, 2.75) is 6.54 Å². The number of ether oxygens (including phenoxy) is 1. The van der Waals surface area contributed by atoms with Crippen molar-refractivity contribution in [3.8, 4) is 17.6 Å². The molecular weight excluding hydrogens is 565 g/mol. The number of nitrogens with two attached hydrogens (primary N) is 1. The van der Waals surface area contributed by atoms with Crippen LogP contribution in [-0.4, -0.2) is 67.9 Å². The van der Waals surface area contributed by atoms with E-state index in [1.165, 1.54) is 10.7 Å². The first kappa shape index (κ1) is 28.1. The molecule has 3 heterocycles. The standard InChI is InChI=1S/C25H21Cl2N9O2.ClH/c1-29-8-9-34(2)25(37)36-24-18(4-3-7-30-24)20(32-36)14-35-21-6-5-19(27)23(22(21)31-33-35)38-17-11-15(13-28)10-16(26)12-17;/h3-7,10-12,29H,8-9,14H2,1-2H3;1H. The van der Waals surface area contributed by atoms with Crippen LogP contribution in [0.25, 0.3) is 22.1 Å². The minimum absolute atomic E-state index is 0. The maximum absolute atomic E-state index is 13.1. The van der Waals surface area contributed by atoms with Gasteiger partial charge in [0.25, 0.3) is 0 Å². The molecule has 0 unspecified atom stereocenters. The zero-order valence-electron chi connectivity index (χ0n) is 20.8. The molecule has 0 saturated carbocycles. The van der Waals surface area contributed by atoms with Crippen molar-refractivity contribution in [3.05, 3.63) is 70.0 Å². The van der Waals surface area contributed by atoms with Gasteiger partial charge in [-0.2, -0.15) is 15.0 Å². The predicted octanol–water partition coefficient (Wildman–Crippen LogP) is 0.292. The van der Waals surface area contributed by atoms with Crippen molar-refractivity contribution in [3.63, 3.8) is 0 Å². The monoisotopic (exact) mass is 585 g/mol. The highest BCUT2D eigenvalue weighted by molar-refractivity contribution is 6.33. The van der Waals surface area contributed by atoms with Crippen LogP contribution in [0, 0.1) is 11.3 Å². The quantitative estimate of drug-likeness (QED) is 0.290. The number of rotatable bonds is 7. The van der Waals surface area contributed by atoms with Crippen molar-refractivity contribution in [2.75, 3.05) is 27.2 Å². The van der Waals surface area contributed by atoms with E-state index < -0.39 is 0 Å². The number of nitriles is 1. The van der Waals surface area contributed by atoms with E-state index in [0.717, 1.165) is 11.9 Å². The first-order valence-electron chi connectivity index (χ1n) is 11.7. The van der Waals surface area contributed by atoms with Crippen LogP contribution in [0.3, 0.4) is 0 Å². The number of halogens is 3. The molecule has 0 fully saturated rings. The molecule has 0 radical (unpaired) electrons. The average molecular weight is 587 g/mol. The Labute approximate surface area is 239 Å². The van der Waals surface area contributed by atoms with Gasteiger partial charge in [0.2, 0.25) is 0 Å². The van der Waals surface area contributed by atoms with Crippen LogP contribution in [0.1, 0.15) is 11.3 Å². The van der Waals surface area contributed by atoms with Crippen molar-refractivity contribution in [1.82, 2.24) is 34.7 Å². The van der Waals surface area contributed by atoms with Gasteiger partial charge in [0.05, 0.1) is 54.5 Å². The van der Waals surface area contributed by atoms with Crippen LogP contribution >= 0.6 is 23.2 Å². The van der Waals surface area contributed by atoms with Gasteiger partial charge in [-0.25, -0.2) is 14.5 Å². The molecule has 0 bridgehead atoms. The number of aromatic nitrogens is 6. The molecule has 5 rings (SSSR count). The van der Waals surface area contributed by atoms with Gasteiger partial charge >= 0.3 is 6.03 Å². The van der Waals surface area contributed by atoms with Crippen LogP contribution < -0.4 is 22.5 Å². The predicted molar refractivity (Wildman–Crippen MR) is 142 cm³/mol. The number of hydrogen-bond donors (Lipinski definition) is 1. The van der Waals surface area contributed by atoms with Gasteiger partial charge in [0, 0.05) is 23.7 Å². The summed E-state index contributed by atoms with van der Waals surface area (Å²) in [6.07, 6.45) is 1.63. The highest BCUT2D eigenvalue weighted by atomic mass is 35.5. The zero-order chi connectivity index (χ0) is 26.8. The molecular formula is C25H22Cl3N9O2. The fourth-order valence-corrected chi connectivity index (χ4v) is 4.41. The molecule has 3 aromatic heterocycles. The number of pyridine rings is 1. The van der Waals surface area contributed by atoms with Crippen molar-refractivity contribution < 1.29 is 27.3 Å². The fraction of sp³-hybridized carbons (Fsp3) is 0.200. The van der Waals surface area contributed by atoms with Crippen LogP contribution in [0.15, 0.2) is 48.7 Å². The Hall–Kier alpha value is -3.95. The van der Waals surface area contributed by atoms with Gasteiger partial charge in [0.15, 0.2) is 16.9 Å². The van der Waals surface area contributed by atoms with Gasteiger partial charge in [-0.3, -0.25) is 0 Å². The highest BCUT2D eigenvalue weighted by Crippen LogP contribution is 2.37. The third kappa shape index (κ3) is 5.60. The largest absolute Gasteiger partial charge is 1.00 e. The van der Waals surface area contributed by atoms with E-state index in [4.69, 9.17) is 27.9 Å². The molecule has 0 atom stereocenters. The zero-order valence-corrected chi connectivity index (χ0v) is 23.1. The summed E-state index contributed by atoms with van der Waals surface area (Å²) in [4.78, 5) is 19.1. The third-order valence-corrected chi connectivity index (χ3v) is 6.41. The minimum atomic E-state index is -0.272. The van der Waals surface area contributed by atoms with Crippen LogP contribution in [0.5, 0.6) is 11.5 Å². The highest BCUT2D eigenvalue weighted by Gasteiger charge is 2.22. The molecule has 2 aromatic carbocycles. The Balaban J connectivity index is 0.00000353. The Kier molecular flexibility index (Phi) is 8.52. The van der Waals surface area contributed by atoms with E-state index in [0.29, 0.717) is 50.3 Å². The number of carbonyl (C=O) groups is 1. The van der Waals surface area contributed by atoms with E-state index >= 15 is 0 Å². The number of quaternary nitrogens is 1. The van der Waals surface area contributed by atoms with Crippen molar-refractivity contribution in [2.24, 2.45) is 0 Å². The molecule has 0 aliphatic carbocycles. The van der Waals surface area contributed by atoms with Gasteiger partial charge in [-0.15, -0.1) is 5.10 Å². The summed E-state index contributed by atoms with van der Waals surface area (Å²) in [6.45, 7) is 1.56. The summed E-state index contributed by atoms with van der Waals surface area (Å²) in [5.41, 5.74) is 2.48. The Morgan fingerprint density at radius 2 is 2.05 bits per heavy atom. The van der Waals surface area contributed by atoms with Gasteiger partial charge in [-0.05, 0) is 42.5 Å². The number of carbonyl (C=O) groups excluding carboxylic acids is 1. The molecule has 5 aromatic rings. The maximum atomic E-state index is 13.1. The van der Waals surface area contributed by atoms with Gasteiger partial charge in [-0.1, -0.05) is 28.4 Å². The fourth-order valence-electron chi connectivity index (χ4n) is 3.99. The molecule has 2 N–H and O–H groups in total.